The zero-order chi connectivity index (χ0) is 5.72. The van der Waals surface area contributed by atoms with E-state index in [1.165, 1.54) is 0 Å². The summed E-state index contributed by atoms with van der Waals surface area (Å²) in [6, 6.07) is 0.111. The van der Waals surface area contributed by atoms with Gasteiger partial charge in [-0.3, -0.25) is 0 Å². The SMILES string of the molecule is CC1OC2OC2C1N. The molecule has 2 aliphatic heterocycles. The minimum atomic E-state index is 0.0417. The summed E-state index contributed by atoms with van der Waals surface area (Å²) in [5.74, 6) is 0. The second-order valence-electron chi connectivity index (χ2n) is 2.39. The Labute approximate surface area is 47.8 Å². The van der Waals surface area contributed by atoms with Gasteiger partial charge in [0.05, 0.1) is 12.1 Å². The van der Waals surface area contributed by atoms with E-state index in [0.29, 0.717) is 0 Å². The molecule has 2 saturated heterocycles. The molecule has 2 rings (SSSR count). The highest BCUT2D eigenvalue weighted by molar-refractivity contribution is 4.97. The van der Waals surface area contributed by atoms with Crippen LogP contribution in [0.4, 0.5) is 0 Å². The average Bonchev–Trinajstić information content (AvgIpc) is 2.39. The highest BCUT2D eigenvalue weighted by Gasteiger charge is 2.54. The van der Waals surface area contributed by atoms with Crippen molar-refractivity contribution in [2.75, 3.05) is 0 Å². The molecule has 2 heterocycles. The molecule has 4 unspecified atom stereocenters. The van der Waals surface area contributed by atoms with E-state index in [1.807, 2.05) is 6.92 Å². The quantitative estimate of drug-likeness (QED) is 0.431. The zero-order valence-electron chi connectivity index (χ0n) is 4.70. The van der Waals surface area contributed by atoms with Gasteiger partial charge in [0.25, 0.3) is 0 Å². The number of hydrogen-bond acceptors (Lipinski definition) is 3. The lowest BCUT2D eigenvalue weighted by molar-refractivity contribution is -0.00964. The first kappa shape index (κ1) is 4.73. The van der Waals surface area contributed by atoms with Crippen molar-refractivity contribution in [1.82, 2.24) is 0 Å². The Balaban J connectivity index is 2.08. The zero-order valence-corrected chi connectivity index (χ0v) is 4.70. The average molecular weight is 115 g/mol. The van der Waals surface area contributed by atoms with Gasteiger partial charge in [0.15, 0.2) is 6.29 Å². The third-order valence-electron chi connectivity index (χ3n) is 1.75. The maximum absolute atomic E-state index is 5.61. The fraction of sp³-hybridized carbons (Fsp3) is 1.00. The highest BCUT2D eigenvalue weighted by atomic mass is 16.8. The molecule has 0 amide bonds. The molecule has 0 aliphatic carbocycles. The van der Waals surface area contributed by atoms with Gasteiger partial charge in [-0.15, -0.1) is 0 Å². The predicted octanol–water partition coefficient (Wildman–Crippen LogP) is -0.543. The maximum Gasteiger partial charge on any atom is 0.186 e. The second-order valence-corrected chi connectivity index (χ2v) is 2.39. The van der Waals surface area contributed by atoms with Crippen LogP contribution < -0.4 is 5.73 Å². The smallest absolute Gasteiger partial charge is 0.186 e. The van der Waals surface area contributed by atoms with Gasteiger partial charge in [-0.1, -0.05) is 0 Å². The molecule has 0 bridgehead atoms. The normalized spacial score (nSPS) is 60.8. The van der Waals surface area contributed by atoms with Gasteiger partial charge in [-0.05, 0) is 6.92 Å². The van der Waals surface area contributed by atoms with Crippen molar-refractivity contribution in [2.24, 2.45) is 5.73 Å². The van der Waals surface area contributed by atoms with Crippen molar-refractivity contribution in [1.29, 1.82) is 0 Å². The molecule has 2 N–H and O–H groups in total. The Morgan fingerprint density at radius 1 is 1.38 bits per heavy atom. The predicted molar refractivity (Wildman–Crippen MR) is 27.2 cm³/mol. The molecule has 0 aromatic carbocycles. The molecular formula is C5H9NO2. The molecule has 0 radical (unpaired) electrons. The minimum absolute atomic E-state index is 0.0417. The van der Waals surface area contributed by atoms with Gasteiger partial charge in [0.1, 0.15) is 6.10 Å². The summed E-state index contributed by atoms with van der Waals surface area (Å²) < 4.78 is 10.2. The molecule has 3 nitrogen and oxygen atoms in total. The lowest BCUT2D eigenvalue weighted by Crippen LogP contribution is -2.33. The Morgan fingerprint density at radius 3 is 2.38 bits per heavy atom. The molecule has 4 atom stereocenters. The van der Waals surface area contributed by atoms with Gasteiger partial charge < -0.3 is 15.2 Å². The third-order valence-corrected chi connectivity index (χ3v) is 1.75. The summed E-state index contributed by atoms with van der Waals surface area (Å²) in [4.78, 5) is 0. The third kappa shape index (κ3) is 0.438. The van der Waals surface area contributed by atoms with Crippen molar-refractivity contribution < 1.29 is 9.47 Å². The maximum atomic E-state index is 5.61. The van der Waals surface area contributed by atoms with Crippen molar-refractivity contribution >= 4 is 0 Å². The van der Waals surface area contributed by atoms with E-state index in [9.17, 15) is 0 Å². The van der Waals surface area contributed by atoms with Crippen LogP contribution in [0.1, 0.15) is 6.92 Å². The van der Waals surface area contributed by atoms with Crippen LogP contribution in [0.3, 0.4) is 0 Å². The fourth-order valence-corrected chi connectivity index (χ4v) is 1.06. The highest BCUT2D eigenvalue weighted by Crippen LogP contribution is 2.35. The molecule has 46 valence electrons. The molecule has 2 fully saturated rings. The van der Waals surface area contributed by atoms with E-state index in [-0.39, 0.29) is 24.5 Å². The molecule has 0 aromatic heterocycles. The van der Waals surface area contributed by atoms with Crippen LogP contribution in [0.5, 0.6) is 0 Å². The number of fused-ring (bicyclic) bond motifs is 1. The molecule has 0 saturated carbocycles. The Kier molecular flexibility index (Phi) is 0.730. The van der Waals surface area contributed by atoms with Crippen LogP contribution in [-0.4, -0.2) is 24.5 Å². The first-order valence-corrected chi connectivity index (χ1v) is 2.85. The van der Waals surface area contributed by atoms with Crippen LogP contribution in [-0.2, 0) is 9.47 Å². The van der Waals surface area contributed by atoms with E-state index in [1.54, 1.807) is 0 Å². The van der Waals surface area contributed by atoms with Crippen LogP contribution >= 0.6 is 0 Å². The van der Waals surface area contributed by atoms with Gasteiger partial charge in [-0.25, -0.2) is 0 Å². The summed E-state index contributed by atoms with van der Waals surface area (Å²) in [6.45, 7) is 1.97. The monoisotopic (exact) mass is 115 g/mol. The van der Waals surface area contributed by atoms with Crippen molar-refractivity contribution in [2.45, 2.75) is 31.5 Å². The van der Waals surface area contributed by atoms with Crippen LogP contribution in [0.2, 0.25) is 0 Å². The first-order chi connectivity index (χ1) is 3.79. The number of hydrogen-bond donors (Lipinski definition) is 1. The largest absolute Gasteiger partial charge is 0.345 e. The molecular weight excluding hydrogens is 106 g/mol. The van der Waals surface area contributed by atoms with Gasteiger partial charge in [0, 0.05) is 0 Å². The standard InChI is InChI=1S/C5H9NO2/c1-2-3(6)4-5(7-2)8-4/h2-5H,6H2,1H3. The Bertz CT molecular complexity index is 115. The van der Waals surface area contributed by atoms with Crippen LogP contribution in [0, 0.1) is 0 Å². The van der Waals surface area contributed by atoms with Gasteiger partial charge >= 0.3 is 0 Å². The van der Waals surface area contributed by atoms with Crippen molar-refractivity contribution in [3.05, 3.63) is 0 Å². The number of ether oxygens (including phenoxy) is 2. The van der Waals surface area contributed by atoms with E-state index < -0.39 is 0 Å². The van der Waals surface area contributed by atoms with Crippen molar-refractivity contribution in [3.8, 4) is 0 Å². The summed E-state index contributed by atoms with van der Waals surface area (Å²) in [7, 11) is 0. The lowest BCUT2D eigenvalue weighted by atomic mass is 10.2. The summed E-state index contributed by atoms with van der Waals surface area (Å²) >= 11 is 0. The van der Waals surface area contributed by atoms with Gasteiger partial charge in [-0.2, -0.15) is 0 Å². The van der Waals surface area contributed by atoms with E-state index in [2.05, 4.69) is 0 Å². The molecule has 3 heteroatoms. The van der Waals surface area contributed by atoms with E-state index in [4.69, 9.17) is 15.2 Å². The lowest BCUT2D eigenvalue weighted by Gasteiger charge is -2.09. The Hall–Kier alpha value is -0.120. The number of epoxide rings is 1. The van der Waals surface area contributed by atoms with Gasteiger partial charge in [0.2, 0.25) is 0 Å². The fourth-order valence-electron chi connectivity index (χ4n) is 1.06. The molecule has 0 spiro atoms. The topological polar surface area (TPSA) is 47.8 Å². The first-order valence-electron chi connectivity index (χ1n) is 2.85. The summed E-state index contributed by atoms with van der Waals surface area (Å²) in [6.07, 6.45) is 0.448. The molecule has 0 aromatic rings. The second kappa shape index (κ2) is 1.23. The number of rotatable bonds is 0. The number of nitrogens with two attached hydrogens (primary N) is 1. The Morgan fingerprint density at radius 2 is 2.12 bits per heavy atom. The van der Waals surface area contributed by atoms with Crippen LogP contribution in [0.25, 0.3) is 0 Å². The summed E-state index contributed by atoms with van der Waals surface area (Å²) in [5, 5.41) is 0. The molecule has 2 aliphatic rings. The summed E-state index contributed by atoms with van der Waals surface area (Å²) in [5.41, 5.74) is 5.61. The van der Waals surface area contributed by atoms with E-state index >= 15 is 0 Å². The minimum Gasteiger partial charge on any atom is -0.345 e. The van der Waals surface area contributed by atoms with Crippen molar-refractivity contribution in [3.63, 3.8) is 0 Å². The molecule has 8 heavy (non-hydrogen) atoms. The van der Waals surface area contributed by atoms with E-state index in [0.717, 1.165) is 0 Å². The van der Waals surface area contributed by atoms with Crippen LogP contribution in [0.15, 0.2) is 0 Å².